The number of aromatic nitrogens is 3. The second kappa shape index (κ2) is 9.57. The van der Waals surface area contributed by atoms with E-state index in [0.717, 1.165) is 33.5 Å². The van der Waals surface area contributed by atoms with Crippen LogP contribution in [0.3, 0.4) is 0 Å². The average Bonchev–Trinajstić information content (AvgIpc) is 3.22. The maximum atomic E-state index is 8.56. The molecular formula is C24H24N3O2Pt-. The summed E-state index contributed by atoms with van der Waals surface area (Å²) in [6.07, 6.45) is -0.278. The van der Waals surface area contributed by atoms with E-state index in [4.69, 9.17) is 15.2 Å². The molecule has 0 fully saturated rings. The number of fused-ring (bicyclic) bond motifs is 5. The number of benzene rings is 3. The number of nitrogens with zero attached hydrogens (tertiary/aromatic N) is 3. The molecule has 30 heavy (non-hydrogen) atoms. The maximum Gasteiger partial charge on any atom is 0.218 e. The van der Waals surface area contributed by atoms with Crippen LogP contribution in [0, 0.1) is 6.07 Å². The van der Waals surface area contributed by atoms with Crippen molar-refractivity contribution in [2.24, 2.45) is 0 Å². The standard InChI is InChI=1S/C19H12N3.C5H12O2.Pt/c1-2-8-14(9-3-1)21-17-12-6-7-13-18(17)22-16-11-5-4-10-15(16)20-19(21)22;1-4(6)3-5(2)7;/h1-8,10-13H;4-7H,3H2,1-2H3;/q-1;;. The Hall–Kier alpha value is -2.46. The molecule has 5 aromatic rings. The van der Waals surface area contributed by atoms with Crippen molar-refractivity contribution >= 4 is 27.8 Å². The van der Waals surface area contributed by atoms with Crippen molar-refractivity contribution in [3.05, 3.63) is 78.9 Å². The van der Waals surface area contributed by atoms with Crippen LogP contribution in [0.4, 0.5) is 0 Å². The molecule has 2 atom stereocenters. The van der Waals surface area contributed by atoms with Gasteiger partial charge >= 0.3 is 0 Å². The van der Waals surface area contributed by atoms with E-state index in [1.165, 1.54) is 0 Å². The van der Waals surface area contributed by atoms with Crippen LogP contribution in [0.5, 0.6) is 0 Å². The van der Waals surface area contributed by atoms with Crippen molar-refractivity contribution in [3.8, 4) is 5.69 Å². The third-order valence-electron chi connectivity index (χ3n) is 4.72. The minimum atomic E-state index is -0.375. The van der Waals surface area contributed by atoms with Gasteiger partial charge in [-0.25, -0.2) is 4.98 Å². The molecule has 158 valence electrons. The molecule has 0 amide bonds. The summed E-state index contributed by atoms with van der Waals surface area (Å²) in [6.45, 7) is 3.32. The summed E-state index contributed by atoms with van der Waals surface area (Å²) in [4.78, 5) is 4.83. The smallest absolute Gasteiger partial charge is 0.218 e. The quantitative estimate of drug-likeness (QED) is 0.312. The van der Waals surface area contributed by atoms with Crippen LogP contribution < -0.4 is 0 Å². The number of aliphatic hydroxyl groups excluding tert-OH is 2. The van der Waals surface area contributed by atoms with Gasteiger partial charge in [-0.15, -0.1) is 6.07 Å². The van der Waals surface area contributed by atoms with Crippen LogP contribution in [0.15, 0.2) is 72.8 Å². The van der Waals surface area contributed by atoms with E-state index in [-0.39, 0.29) is 33.3 Å². The molecule has 2 heterocycles. The van der Waals surface area contributed by atoms with Gasteiger partial charge in [-0.2, -0.15) is 24.3 Å². The van der Waals surface area contributed by atoms with E-state index in [2.05, 4.69) is 63.6 Å². The molecule has 2 aromatic heterocycles. The Balaban J connectivity index is 0.000000281. The Bertz CT molecular complexity index is 1240. The number of para-hydroxylation sites is 5. The Morgan fingerprint density at radius 3 is 2.03 bits per heavy atom. The molecule has 0 aliphatic heterocycles. The SMILES string of the molecule is CC(O)CC(C)O.[Pt].[c-]1ccccc1-n1c2ccccc2n2c3ccccc3nc12. The van der Waals surface area contributed by atoms with Crippen LogP contribution in [0.1, 0.15) is 20.3 Å². The van der Waals surface area contributed by atoms with Gasteiger partial charge in [-0.05, 0) is 44.5 Å². The molecule has 3 aromatic carbocycles. The summed E-state index contributed by atoms with van der Waals surface area (Å²) in [5.41, 5.74) is 5.43. The van der Waals surface area contributed by atoms with Crippen LogP contribution in [-0.2, 0) is 21.1 Å². The Labute approximate surface area is 189 Å². The summed E-state index contributed by atoms with van der Waals surface area (Å²) >= 11 is 0. The van der Waals surface area contributed by atoms with Crippen molar-refractivity contribution in [2.75, 3.05) is 0 Å². The third-order valence-corrected chi connectivity index (χ3v) is 4.72. The van der Waals surface area contributed by atoms with Crippen molar-refractivity contribution in [1.82, 2.24) is 14.0 Å². The van der Waals surface area contributed by atoms with E-state index in [0.29, 0.717) is 6.42 Å². The number of aliphatic hydroxyl groups is 2. The van der Waals surface area contributed by atoms with Crippen LogP contribution in [0.2, 0.25) is 0 Å². The molecule has 5 rings (SSSR count). The zero-order valence-electron chi connectivity index (χ0n) is 16.8. The minimum absolute atomic E-state index is 0. The molecular weight excluding hydrogens is 557 g/mol. The molecule has 2 N–H and O–H groups in total. The Kier molecular flexibility index (Phi) is 7.09. The van der Waals surface area contributed by atoms with Crippen molar-refractivity contribution in [3.63, 3.8) is 0 Å². The summed E-state index contributed by atoms with van der Waals surface area (Å²) in [5, 5.41) is 17.1. The summed E-state index contributed by atoms with van der Waals surface area (Å²) in [6, 6.07) is 27.9. The second-order valence-electron chi connectivity index (χ2n) is 7.24. The molecule has 0 saturated heterocycles. The molecule has 0 radical (unpaired) electrons. The van der Waals surface area contributed by atoms with Gasteiger partial charge in [0, 0.05) is 21.1 Å². The van der Waals surface area contributed by atoms with Gasteiger partial charge in [0.05, 0.1) is 34.3 Å². The Morgan fingerprint density at radius 2 is 1.43 bits per heavy atom. The third kappa shape index (κ3) is 4.34. The zero-order valence-corrected chi connectivity index (χ0v) is 19.1. The largest absolute Gasteiger partial charge is 0.393 e. The van der Waals surface area contributed by atoms with Crippen molar-refractivity contribution < 1.29 is 31.3 Å². The predicted molar refractivity (Wildman–Crippen MR) is 116 cm³/mol. The van der Waals surface area contributed by atoms with E-state index >= 15 is 0 Å². The number of hydrogen-bond acceptors (Lipinski definition) is 3. The first-order valence-corrected chi connectivity index (χ1v) is 9.76. The first kappa shape index (κ1) is 22.2. The van der Waals surface area contributed by atoms with Crippen LogP contribution in [-0.4, -0.2) is 36.4 Å². The average molecular weight is 582 g/mol. The molecule has 6 heteroatoms. The summed E-state index contributed by atoms with van der Waals surface area (Å²) < 4.78 is 4.38. The zero-order chi connectivity index (χ0) is 20.4. The summed E-state index contributed by atoms with van der Waals surface area (Å²) in [7, 11) is 0. The van der Waals surface area contributed by atoms with E-state index in [1.807, 2.05) is 24.3 Å². The predicted octanol–water partition coefficient (Wildman–Crippen LogP) is 4.37. The first-order chi connectivity index (χ1) is 14.1. The fourth-order valence-electron chi connectivity index (χ4n) is 3.60. The van der Waals surface area contributed by atoms with Crippen LogP contribution >= 0.6 is 0 Å². The first-order valence-electron chi connectivity index (χ1n) is 9.76. The minimum Gasteiger partial charge on any atom is -0.393 e. The van der Waals surface area contributed by atoms with E-state index in [9.17, 15) is 0 Å². The van der Waals surface area contributed by atoms with Gasteiger partial charge in [0.2, 0.25) is 5.78 Å². The molecule has 0 bridgehead atoms. The van der Waals surface area contributed by atoms with Gasteiger partial charge in [0.25, 0.3) is 0 Å². The van der Waals surface area contributed by atoms with Crippen LogP contribution in [0.25, 0.3) is 33.5 Å². The van der Waals surface area contributed by atoms with Gasteiger partial charge in [0.15, 0.2) is 0 Å². The number of rotatable bonds is 3. The van der Waals surface area contributed by atoms with E-state index in [1.54, 1.807) is 13.8 Å². The van der Waals surface area contributed by atoms with Gasteiger partial charge in [-0.3, -0.25) is 4.40 Å². The summed E-state index contributed by atoms with van der Waals surface area (Å²) in [5.74, 6) is 0.921. The topological polar surface area (TPSA) is 62.7 Å². The molecule has 0 spiro atoms. The molecule has 0 saturated carbocycles. The van der Waals surface area contributed by atoms with Gasteiger partial charge in [0.1, 0.15) is 0 Å². The fourth-order valence-corrected chi connectivity index (χ4v) is 3.60. The van der Waals surface area contributed by atoms with E-state index < -0.39 is 0 Å². The second-order valence-corrected chi connectivity index (χ2v) is 7.24. The molecule has 2 unspecified atom stereocenters. The Morgan fingerprint density at radius 1 is 0.833 bits per heavy atom. The number of hydrogen-bond donors (Lipinski definition) is 2. The number of imidazole rings is 2. The van der Waals surface area contributed by atoms with Crippen molar-refractivity contribution in [1.29, 1.82) is 0 Å². The molecule has 5 nitrogen and oxygen atoms in total. The molecule has 0 aliphatic carbocycles. The normalized spacial score (nSPS) is 12.9. The molecule has 0 aliphatic rings. The van der Waals surface area contributed by atoms with Gasteiger partial charge in [-0.1, -0.05) is 30.0 Å². The van der Waals surface area contributed by atoms with Crippen molar-refractivity contribution in [2.45, 2.75) is 32.5 Å². The monoisotopic (exact) mass is 581 g/mol. The maximum absolute atomic E-state index is 8.56. The fraction of sp³-hybridized carbons (Fsp3) is 0.208. The van der Waals surface area contributed by atoms with Gasteiger partial charge < -0.3 is 14.8 Å².